The van der Waals surface area contributed by atoms with E-state index < -0.39 is 0 Å². The van der Waals surface area contributed by atoms with E-state index in [-0.39, 0.29) is 17.7 Å². The minimum atomic E-state index is 0. The first-order valence-corrected chi connectivity index (χ1v) is 2.72. The largest absolute Gasteiger partial charge is 0.305 e. The zero-order valence-electron chi connectivity index (χ0n) is 4.78. The SMILES string of the molecule is CNOC.Cl.ClCCl. The number of nitrogens with one attached hydrogen (secondary N) is 1. The van der Waals surface area contributed by atoms with Gasteiger partial charge in [0.1, 0.15) is 0 Å². The molecule has 0 aliphatic rings. The van der Waals surface area contributed by atoms with Gasteiger partial charge in [-0.15, -0.1) is 35.6 Å². The van der Waals surface area contributed by atoms with Crippen LogP contribution in [0.4, 0.5) is 0 Å². The molecule has 0 rings (SSSR count). The quantitative estimate of drug-likeness (QED) is 0.491. The summed E-state index contributed by atoms with van der Waals surface area (Å²) in [7, 11) is 3.28. The fourth-order valence-electron chi connectivity index (χ4n) is 0. The lowest BCUT2D eigenvalue weighted by Gasteiger charge is -1.80. The van der Waals surface area contributed by atoms with Gasteiger partial charge in [0.2, 0.25) is 0 Å². The Morgan fingerprint density at radius 1 is 1.50 bits per heavy atom. The zero-order chi connectivity index (χ0) is 6.12. The maximum atomic E-state index is 4.76. The summed E-state index contributed by atoms with van der Waals surface area (Å²) in [5.74, 6) is 0. The van der Waals surface area contributed by atoms with Crippen LogP contribution in [-0.2, 0) is 4.84 Å². The van der Waals surface area contributed by atoms with Gasteiger partial charge in [-0.25, -0.2) is 5.48 Å². The molecule has 5 heteroatoms. The maximum Gasteiger partial charge on any atom is 0.0967 e. The van der Waals surface area contributed by atoms with Crippen molar-refractivity contribution in [3.05, 3.63) is 0 Å². The molecule has 0 spiro atoms. The molecule has 2 nitrogen and oxygen atoms in total. The second-order valence-corrected chi connectivity index (χ2v) is 1.32. The Hall–Kier alpha value is 0.790. The molecular weight excluding hydrogens is 172 g/mol. The van der Waals surface area contributed by atoms with E-state index in [1.807, 2.05) is 0 Å². The van der Waals surface area contributed by atoms with E-state index in [0.717, 1.165) is 0 Å². The number of hydroxylamine groups is 1. The fourth-order valence-corrected chi connectivity index (χ4v) is 0. The summed E-state index contributed by atoms with van der Waals surface area (Å²) in [6.07, 6.45) is 0. The van der Waals surface area contributed by atoms with Gasteiger partial charge < -0.3 is 4.84 Å². The third-order valence-corrected chi connectivity index (χ3v) is 0.204. The Morgan fingerprint density at radius 2 is 1.62 bits per heavy atom. The van der Waals surface area contributed by atoms with Crippen LogP contribution < -0.4 is 5.48 Å². The van der Waals surface area contributed by atoms with Crippen LogP contribution in [-0.4, -0.2) is 19.5 Å². The first kappa shape index (κ1) is 15.9. The van der Waals surface area contributed by atoms with Crippen LogP contribution in [0.2, 0.25) is 0 Å². The molecule has 0 amide bonds. The number of halogens is 3. The Bertz CT molecular complexity index is 22.0. The maximum absolute atomic E-state index is 4.76. The van der Waals surface area contributed by atoms with E-state index >= 15 is 0 Å². The summed E-state index contributed by atoms with van der Waals surface area (Å²) in [6, 6.07) is 0. The summed E-state index contributed by atoms with van der Waals surface area (Å²) in [5, 5.41) is 0.194. The number of alkyl halides is 2. The van der Waals surface area contributed by atoms with E-state index in [1.54, 1.807) is 14.2 Å². The molecule has 0 atom stereocenters. The highest BCUT2D eigenvalue weighted by molar-refractivity contribution is 6.40. The average Bonchev–Trinajstić information content (AvgIpc) is 1.69. The Morgan fingerprint density at radius 3 is 1.62 bits per heavy atom. The molecule has 0 aliphatic heterocycles. The molecule has 54 valence electrons. The van der Waals surface area contributed by atoms with Gasteiger partial charge in [-0.1, -0.05) is 0 Å². The molecule has 0 aromatic heterocycles. The number of rotatable bonds is 1. The molecule has 0 radical (unpaired) electrons. The third kappa shape index (κ3) is 71.0. The number of hydrogen-bond acceptors (Lipinski definition) is 2. The number of hydrogen-bond donors (Lipinski definition) is 1. The van der Waals surface area contributed by atoms with Crippen LogP contribution in [0.15, 0.2) is 0 Å². The summed E-state index contributed by atoms with van der Waals surface area (Å²) >= 11 is 9.53. The van der Waals surface area contributed by atoms with E-state index in [9.17, 15) is 0 Å². The minimum absolute atomic E-state index is 0. The molecule has 1 N–H and O–H groups in total. The van der Waals surface area contributed by atoms with Crippen LogP contribution in [0, 0.1) is 0 Å². The van der Waals surface area contributed by atoms with Crippen molar-refractivity contribution < 1.29 is 4.84 Å². The highest BCUT2D eigenvalue weighted by Crippen LogP contribution is 1.73. The molecule has 0 fully saturated rings. The molecule has 8 heavy (non-hydrogen) atoms. The van der Waals surface area contributed by atoms with Gasteiger partial charge in [0.15, 0.2) is 0 Å². The van der Waals surface area contributed by atoms with Gasteiger partial charge in [0.05, 0.1) is 12.4 Å². The molecule has 0 aromatic rings. The van der Waals surface area contributed by atoms with Gasteiger partial charge in [0, 0.05) is 7.05 Å². The van der Waals surface area contributed by atoms with Crippen molar-refractivity contribution in [3.63, 3.8) is 0 Å². The highest BCUT2D eigenvalue weighted by atomic mass is 35.5. The second kappa shape index (κ2) is 25.0. The van der Waals surface area contributed by atoms with Crippen LogP contribution in [0.3, 0.4) is 0 Å². The smallest absolute Gasteiger partial charge is 0.0967 e. The van der Waals surface area contributed by atoms with Crippen LogP contribution in [0.5, 0.6) is 0 Å². The minimum Gasteiger partial charge on any atom is -0.305 e. The van der Waals surface area contributed by atoms with Gasteiger partial charge in [-0.3, -0.25) is 0 Å². The van der Waals surface area contributed by atoms with Crippen molar-refractivity contribution in [1.82, 2.24) is 5.48 Å². The van der Waals surface area contributed by atoms with Crippen LogP contribution in [0.1, 0.15) is 0 Å². The lowest BCUT2D eigenvalue weighted by Crippen LogP contribution is -2.00. The van der Waals surface area contributed by atoms with E-state index in [4.69, 9.17) is 23.2 Å². The van der Waals surface area contributed by atoms with Crippen molar-refractivity contribution in [2.24, 2.45) is 0 Å². The van der Waals surface area contributed by atoms with Gasteiger partial charge in [0.25, 0.3) is 0 Å². The summed E-state index contributed by atoms with van der Waals surface area (Å²) in [6.45, 7) is 0. The molecule has 0 bridgehead atoms. The summed E-state index contributed by atoms with van der Waals surface area (Å²) in [4.78, 5) is 4.29. The molecular formula is C3H10Cl3NO. The molecule has 0 aromatic carbocycles. The summed E-state index contributed by atoms with van der Waals surface area (Å²) < 4.78 is 0. The second-order valence-electron chi connectivity index (χ2n) is 0.509. The lowest BCUT2D eigenvalue weighted by atomic mass is 11.5. The van der Waals surface area contributed by atoms with Gasteiger partial charge in [-0.2, -0.15) is 0 Å². The van der Waals surface area contributed by atoms with Crippen molar-refractivity contribution in [2.75, 3.05) is 19.5 Å². The van der Waals surface area contributed by atoms with Crippen molar-refractivity contribution in [1.29, 1.82) is 0 Å². The molecule has 0 saturated heterocycles. The molecule has 0 unspecified atom stereocenters. The topological polar surface area (TPSA) is 21.3 Å². The predicted octanol–water partition coefficient (Wildman–Crippen LogP) is 1.61. The van der Waals surface area contributed by atoms with Crippen LogP contribution in [0.25, 0.3) is 0 Å². The van der Waals surface area contributed by atoms with Gasteiger partial charge in [-0.05, 0) is 0 Å². The lowest BCUT2D eigenvalue weighted by molar-refractivity contribution is 0.112. The zero-order valence-corrected chi connectivity index (χ0v) is 7.11. The third-order valence-electron chi connectivity index (χ3n) is 0.204. The van der Waals surface area contributed by atoms with Crippen molar-refractivity contribution in [3.8, 4) is 0 Å². The standard InChI is InChI=1S/C2H7NO.CH2Cl2.ClH/c1-3-4-2;2-1-3;/h3H,1-2H3;1H2;1H. The van der Waals surface area contributed by atoms with E-state index in [0.29, 0.717) is 0 Å². The van der Waals surface area contributed by atoms with Crippen LogP contribution >= 0.6 is 35.6 Å². The van der Waals surface area contributed by atoms with E-state index in [2.05, 4.69) is 10.3 Å². The average molecular weight is 182 g/mol. The molecule has 0 saturated carbocycles. The first-order chi connectivity index (χ1) is 3.33. The Kier molecular flexibility index (Phi) is 49.7. The normalized spacial score (nSPS) is 6.00. The molecule has 0 heterocycles. The summed E-state index contributed by atoms with van der Waals surface area (Å²) in [5.41, 5.74) is 2.43. The van der Waals surface area contributed by atoms with Crippen molar-refractivity contribution in [2.45, 2.75) is 0 Å². The van der Waals surface area contributed by atoms with E-state index in [1.165, 1.54) is 0 Å². The predicted molar refractivity (Wildman–Crippen MR) is 39.9 cm³/mol. The van der Waals surface area contributed by atoms with Gasteiger partial charge >= 0.3 is 0 Å². The Labute approximate surface area is 65.9 Å². The first-order valence-electron chi connectivity index (χ1n) is 1.65. The fraction of sp³-hybridized carbons (Fsp3) is 1.00. The monoisotopic (exact) mass is 181 g/mol. The highest BCUT2D eigenvalue weighted by Gasteiger charge is 1.45. The van der Waals surface area contributed by atoms with Crippen molar-refractivity contribution >= 4 is 35.6 Å². The molecule has 0 aliphatic carbocycles. The Balaban J connectivity index is -0.0000000575.